The van der Waals surface area contributed by atoms with Crippen molar-refractivity contribution in [1.29, 1.82) is 0 Å². The normalized spacial score (nSPS) is 10.7. The summed E-state index contributed by atoms with van der Waals surface area (Å²) in [6.07, 6.45) is 0.250. The third kappa shape index (κ3) is 4.49. The minimum atomic E-state index is -0.00628. The minimum Gasteiger partial charge on any atom is -0.493 e. The van der Waals surface area contributed by atoms with Crippen LogP contribution in [0.4, 0.5) is 0 Å². The molecule has 27 heavy (non-hydrogen) atoms. The van der Waals surface area contributed by atoms with Gasteiger partial charge in [0.25, 0.3) is 0 Å². The highest BCUT2D eigenvalue weighted by Crippen LogP contribution is 2.33. The maximum Gasteiger partial charge on any atom is 0.228 e. The molecule has 0 spiro atoms. The van der Waals surface area contributed by atoms with Gasteiger partial charge in [0.05, 0.1) is 32.9 Å². The van der Waals surface area contributed by atoms with E-state index in [1.54, 1.807) is 26.2 Å². The predicted molar refractivity (Wildman–Crippen MR) is 104 cm³/mol. The molecule has 0 atom stereocenters. The van der Waals surface area contributed by atoms with Crippen molar-refractivity contribution in [3.05, 3.63) is 52.9 Å². The molecule has 2 heterocycles. The molecule has 0 aliphatic heterocycles. The molecule has 0 saturated carbocycles. The number of methoxy groups -OCH3 is 2. The first kappa shape index (κ1) is 19.0. The van der Waals surface area contributed by atoms with Crippen LogP contribution in [0, 0.1) is 6.92 Å². The standard InChI is InChI=1S/C20H22N2O4S/c1-13-5-7-16(26-13)11-22(2)19(23)10-15-12-27-20(21-15)14-6-8-17(24-3)18(9-14)25-4/h5-9,12H,10-11H2,1-4H3. The molecule has 3 rings (SSSR count). The minimum absolute atomic E-state index is 0.00628. The molecule has 0 aliphatic rings. The Morgan fingerprint density at radius 3 is 2.63 bits per heavy atom. The highest BCUT2D eigenvalue weighted by molar-refractivity contribution is 7.13. The van der Waals surface area contributed by atoms with Gasteiger partial charge in [-0.25, -0.2) is 4.98 Å². The maximum absolute atomic E-state index is 12.5. The lowest BCUT2D eigenvalue weighted by molar-refractivity contribution is -0.129. The Morgan fingerprint density at radius 2 is 1.96 bits per heavy atom. The molecule has 0 aliphatic carbocycles. The second-order valence-electron chi connectivity index (χ2n) is 6.15. The number of amides is 1. The first-order valence-electron chi connectivity index (χ1n) is 8.46. The van der Waals surface area contributed by atoms with Crippen LogP contribution in [0.15, 0.2) is 40.1 Å². The van der Waals surface area contributed by atoms with Crippen molar-refractivity contribution in [1.82, 2.24) is 9.88 Å². The summed E-state index contributed by atoms with van der Waals surface area (Å²) in [7, 11) is 4.97. The van der Waals surface area contributed by atoms with Gasteiger partial charge in [0.15, 0.2) is 11.5 Å². The van der Waals surface area contributed by atoms with Crippen molar-refractivity contribution >= 4 is 17.2 Å². The van der Waals surface area contributed by atoms with Gasteiger partial charge < -0.3 is 18.8 Å². The quantitative estimate of drug-likeness (QED) is 0.616. The topological polar surface area (TPSA) is 64.8 Å². The largest absolute Gasteiger partial charge is 0.493 e. The molecule has 1 amide bonds. The van der Waals surface area contributed by atoms with Gasteiger partial charge in [0.2, 0.25) is 5.91 Å². The molecule has 0 N–H and O–H groups in total. The number of hydrogen-bond acceptors (Lipinski definition) is 6. The lowest BCUT2D eigenvalue weighted by Crippen LogP contribution is -2.27. The number of nitrogens with zero attached hydrogens (tertiary/aromatic N) is 2. The first-order valence-corrected chi connectivity index (χ1v) is 9.34. The molecule has 3 aromatic rings. The van der Waals surface area contributed by atoms with Crippen LogP contribution >= 0.6 is 11.3 Å². The highest BCUT2D eigenvalue weighted by atomic mass is 32.1. The van der Waals surface area contributed by atoms with Crippen molar-refractivity contribution in [2.45, 2.75) is 19.9 Å². The van der Waals surface area contributed by atoms with Crippen LogP contribution < -0.4 is 9.47 Å². The van der Waals surface area contributed by atoms with E-state index in [1.165, 1.54) is 11.3 Å². The number of rotatable bonds is 7. The molecule has 0 bridgehead atoms. The van der Waals surface area contributed by atoms with Crippen LogP contribution in [-0.4, -0.2) is 37.1 Å². The number of ether oxygens (including phenoxy) is 2. The van der Waals surface area contributed by atoms with E-state index in [0.717, 1.165) is 27.8 Å². The molecule has 0 fully saturated rings. The second-order valence-corrected chi connectivity index (χ2v) is 7.01. The van der Waals surface area contributed by atoms with E-state index >= 15 is 0 Å². The molecule has 0 saturated heterocycles. The number of aromatic nitrogens is 1. The van der Waals surface area contributed by atoms with E-state index in [1.807, 2.05) is 42.6 Å². The summed E-state index contributed by atoms with van der Waals surface area (Å²) in [6, 6.07) is 9.44. The first-order chi connectivity index (χ1) is 13.0. The zero-order chi connectivity index (χ0) is 19.4. The van der Waals surface area contributed by atoms with E-state index in [4.69, 9.17) is 13.9 Å². The van der Waals surface area contributed by atoms with Crippen LogP contribution in [0.1, 0.15) is 17.2 Å². The predicted octanol–water partition coefficient (Wildman–Crippen LogP) is 3.93. The molecular weight excluding hydrogens is 364 g/mol. The van der Waals surface area contributed by atoms with Crippen LogP contribution in [0.25, 0.3) is 10.6 Å². The SMILES string of the molecule is COc1ccc(-c2nc(CC(=O)N(C)Cc3ccc(C)o3)cs2)cc1OC. The number of aryl methyl sites for hydroxylation is 1. The van der Waals surface area contributed by atoms with Gasteiger partial charge in [0.1, 0.15) is 16.5 Å². The Morgan fingerprint density at radius 1 is 1.19 bits per heavy atom. The van der Waals surface area contributed by atoms with Crippen LogP contribution in [0.3, 0.4) is 0 Å². The molecule has 7 heteroatoms. The van der Waals surface area contributed by atoms with E-state index in [9.17, 15) is 4.79 Å². The maximum atomic E-state index is 12.5. The summed E-state index contributed by atoms with van der Waals surface area (Å²) < 4.78 is 16.1. The summed E-state index contributed by atoms with van der Waals surface area (Å²) in [5, 5.41) is 2.75. The summed E-state index contributed by atoms with van der Waals surface area (Å²) in [6.45, 7) is 2.33. The van der Waals surface area contributed by atoms with Gasteiger partial charge in [-0.3, -0.25) is 4.79 Å². The number of furan rings is 1. The molecule has 0 unspecified atom stereocenters. The summed E-state index contributed by atoms with van der Waals surface area (Å²) in [5.74, 6) is 2.92. The molecule has 1 aromatic carbocycles. The monoisotopic (exact) mass is 386 g/mol. The van der Waals surface area contributed by atoms with Crippen LogP contribution in [-0.2, 0) is 17.8 Å². The van der Waals surface area contributed by atoms with Crippen LogP contribution in [0.2, 0.25) is 0 Å². The Hall–Kier alpha value is -2.80. The van der Waals surface area contributed by atoms with Crippen molar-refractivity contribution in [3.8, 4) is 22.1 Å². The molecular formula is C20H22N2O4S. The van der Waals surface area contributed by atoms with Crippen molar-refractivity contribution < 1.29 is 18.7 Å². The van der Waals surface area contributed by atoms with Gasteiger partial charge in [0, 0.05) is 18.0 Å². The number of benzene rings is 1. The summed E-state index contributed by atoms with van der Waals surface area (Å²) >= 11 is 1.50. The highest BCUT2D eigenvalue weighted by Gasteiger charge is 2.15. The summed E-state index contributed by atoms with van der Waals surface area (Å²) in [5.41, 5.74) is 1.67. The Balaban J connectivity index is 1.67. The molecule has 2 aromatic heterocycles. The van der Waals surface area contributed by atoms with E-state index in [2.05, 4.69) is 4.98 Å². The molecule has 142 valence electrons. The second kappa shape index (κ2) is 8.26. The Kier molecular flexibility index (Phi) is 5.81. The van der Waals surface area contributed by atoms with E-state index in [-0.39, 0.29) is 12.3 Å². The number of carbonyl (C=O) groups is 1. The Labute approximate surface area is 162 Å². The number of hydrogen-bond donors (Lipinski definition) is 0. The Bertz CT molecular complexity index is 932. The third-order valence-corrected chi connectivity index (χ3v) is 5.07. The fourth-order valence-electron chi connectivity index (χ4n) is 2.67. The zero-order valence-corrected chi connectivity index (χ0v) is 16.6. The zero-order valence-electron chi connectivity index (χ0n) is 15.8. The van der Waals surface area contributed by atoms with Crippen molar-refractivity contribution in [3.63, 3.8) is 0 Å². The van der Waals surface area contributed by atoms with Gasteiger partial charge >= 0.3 is 0 Å². The van der Waals surface area contributed by atoms with Gasteiger partial charge in [-0.15, -0.1) is 11.3 Å². The lowest BCUT2D eigenvalue weighted by Gasteiger charge is -2.14. The van der Waals surface area contributed by atoms with Crippen LogP contribution in [0.5, 0.6) is 11.5 Å². The van der Waals surface area contributed by atoms with Gasteiger partial charge in [-0.1, -0.05) is 0 Å². The van der Waals surface area contributed by atoms with Crippen molar-refractivity contribution in [2.24, 2.45) is 0 Å². The third-order valence-electron chi connectivity index (χ3n) is 4.13. The van der Waals surface area contributed by atoms with Crippen molar-refractivity contribution in [2.75, 3.05) is 21.3 Å². The van der Waals surface area contributed by atoms with E-state index < -0.39 is 0 Å². The lowest BCUT2D eigenvalue weighted by atomic mass is 10.2. The van der Waals surface area contributed by atoms with E-state index in [0.29, 0.717) is 18.0 Å². The smallest absolute Gasteiger partial charge is 0.228 e. The average molecular weight is 386 g/mol. The fraction of sp³-hybridized carbons (Fsp3) is 0.300. The van der Waals surface area contributed by atoms with Gasteiger partial charge in [-0.2, -0.15) is 0 Å². The average Bonchev–Trinajstić information content (AvgIpc) is 3.30. The summed E-state index contributed by atoms with van der Waals surface area (Å²) in [4.78, 5) is 18.7. The number of thiazole rings is 1. The number of carbonyl (C=O) groups excluding carboxylic acids is 1. The molecule has 0 radical (unpaired) electrons. The number of likely N-dealkylation sites (N-methyl/N-ethyl adjacent to an activating group) is 1. The van der Waals surface area contributed by atoms with Gasteiger partial charge in [-0.05, 0) is 37.3 Å². The fourth-order valence-corrected chi connectivity index (χ4v) is 3.49. The molecule has 6 nitrogen and oxygen atoms in total.